The topological polar surface area (TPSA) is 71.7 Å². The molecule has 0 unspecified atom stereocenters. The zero-order chi connectivity index (χ0) is 17.9. The lowest BCUT2D eigenvalue weighted by Crippen LogP contribution is -2.46. The first-order valence-electron chi connectivity index (χ1n) is 9.48. The number of nitrogens with zero attached hydrogens (tertiary/aromatic N) is 4. The molecule has 1 aromatic heterocycles. The van der Waals surface area contributed by atoms with Gasteiger partial charge in [-0.05, 0) is 66.8 Å². The van der Waals surface area contributed by atoms with Crippen molar-refractivity contribution in [2.75, 3.05) is 33.4 Å². The Balaban J connectivity index is 1.31. The van der Waals surface area contributed by atoms with E-state index in [0.29, 0.717) is 12.6 Å². The van der Waals surface area contributed by atoms with Crippen molar-refractivity contribution in [2.24, 2.45) is 5.92 Å². The number of rotatable bonds is 4. The number of hydrogen-bond acceptors (Lipinski definition) is 6. The van der Waals surface area contributed by atoms with Crippen LogP contribution in [-0.2, 0) is 16.1 Å². The molecule has 7 nitrogen and oxygen atoms in total. The number of amides is 1. The molecule has 2 fully saturated rings. The summed E-state index contributed by atoms with van der Waals surface area (Å²) in [5, 5.41) is 7.68. The Kier molecular flexibility index (Phi) is 5.17. The van der Waals surface area contributed by atoms with Gasteiger partial charge in [0, 0.05) is 38.8 Å². The molecule has 0 N–H and O–H groups in total. The van der Waals surface area contributed by atoms with E-state index >= 15 is 0 Å². The predicted molar refractivity (Wildman–Crippen MR) is 96.4 cm³/mol. The fraction of sp³-hybridized carbons (Fsp3) is 0.632. The molecule has 2 aliphatic heterocycles. The molecular formula is C19H26N4O3. The van der Waals surface area contributed by atoms with Gasteiger partial charge in [0.25, 0.3) is 0 Å². The maximum Gasteiger partial charge on any atom is 0.225 e. The van der Waals surface area contributed by atoms with Crippen LogP contribution in [0.2, 0.25) is 0 Å². The van der Waals surface area contributed by atoms with Gasteiger partial charge in [0.1, 0.15) is 11.0 Å². The number of aromatic nitrogens is 2. The van der Waals surface area contributed by atoms with E-state index in [-0.39, 0.29) is 11.8 Å². The van der Waals surface area contributed by atoms with Crippen LogP contribution in [0.1, 0.15) is 31.2 Å². The lowest BCUT2D eigenvalue weighted by Gasteiger charge is -2.39. The second kappa shape index (κ2) is 7.72. The van der Waals surface area contributed by atoms with E-state index < -0.39 is 0 Å². The highest BCUT2D eigenvalue weighted by Crippen LogP contribution is 2.25. The van der Waals surface area contributed by atoms with Gasteiger partial charge in [-0.1, -0.05) is 6.07 Å². The molecule has 0 atom stereocenters. The third kappa shape index (κ3) is 3.73. The molecule has 0 saturated carbocycles. The molecule has 0 spiro atoms. The van der Waals surface area contributed by atoms with Gasteiger partial charge in [-0.3, -0.25) is 4.79 Å². The van der Waals surface area contributed by atoms with Crippen molar-refractivity contribution in [3.05, 3.63) is 23.8 Å². The quantitative estimate of drug-likeness (QED) is 0.833. The fourth-order valence-electron chi connectivity index (χ4n) is 4.15. The van der Waals surface area contributed by atoms with Crippen molar-refractivity contribution in [1.29, 1.82) is 0 Å². The van der Waals surface area contributed by atoms with Crippen LogP contribution in [0, 0.1) is 5.92 Å². The maximum absolute atomic E-state index is 12.8. The van der Waals surface area contributed by atoms with Gasteiger partial charge < -0.3 is 14.5 Å². The Bertz CT molecular complexity index is 748. The van der Waals surface area contributed by atoms with E-state index in [1.165, 1.54) is 0 Å². The average Bonchev–Trinajstić information content (AvgIpc) is 3.16. The molecule has 4 rings (SSSR count). The van der Waals surface area contributed by atoms with Gasteiger partial charge in [0.2, 0.25) is 5.91 Å². The number of carbonyl (C=O) groups excluding carboxylic acids is 1. The van der Waals surface area contributed by atoms with Gasteiger partial charge in [-0.15, -0.1) is 0 Å². The summed E-state index contributed by atoms with van der Waals surface area (Å²) < 4.78 is 10.2. The molecule has 2 saturated heterocycles. The van der Waals surface area contributed by atoms with Crippen LogP contribution in [-0.4, -0.2) is 65.4 Å². The molecule has 2 aliphatic rings. The predicted octanol–water partition coefficient (Wildman–Crippen LogP) is 2.07. The Labute approximate surface area is 153 Å². The van der Waals surface area contributed by atoms with E-state index in [9.17, 15) is 4.79 Å². The zero-order valence-electron chi connectivity index (χ0n) is 15.3. The Hall–Kier alpha value is -1.99. The number of ether oxygens (including phenoxy) is 1. The normalized spacial score (nSPS) is 20.5. The zero-order valence-corrected chi connectivity index (χ0v) is 15.3. The van der Waals surface area contributed by atoms with Gasteiger partial charge in [-0.2, -0.15) is 0 Å². The molecule has 0 aliphatic carbocycles. The number of hydrogen-bond donors (Lipinski definition) is 0. The molecule has 1 aromatic carbocycles. The summed E-state index contributed by atoms with van der Waals surface area (Å²) in [6.07, 6.45) is 4.15. The number of carbonyl (C=O) groups is 1. The van der Waals surface area contributed by atoms with E-state index in [1.807, 2.05) is 30.1 Å². The first kappa shape index (κ1) is 17.4. The second-order valence-electron chi connectivity index (χ2n) is 7.44. The van der Waals surface area contributed by atoms with E-state index in [2.05, 4.69) is 15.2 Å². The van der Waals surface area contributed by atoms with Gasteiger partial charge in [-0.25, -0.2) is 4.63 Å². The van der Waals surface area contributed by atoms with Crippen molar-refractivity contribution < 1.29 is 14.2 Å². The molecule has 3 heterocycles. The fourth-order valence-corrected chi connectivity index (χ4v) is 4.15. The van der Waals surface area contributed by atoms with Crippen molar-refractivity contribution in [2.45, 2.75) is 38.3 Å². The van der Waals surface area contributed by atoms with Gasteiger partial charge >= 0.3 is 0 Å². The van der Waals surface area contributed by atoms with Crippen LogP contribution in [0.25, 0.3) is 11.0 Å². The summed E-state index contributed by atoms with van der Waals surface area (Å²) in [7, 11) is 1.89. The third-order valence-corrected chi connectivity index (χ3v) is 5.70. The number of fused-ring (bicyclic) bond motifs is 1. The lowest BCUT2D eigenvalue weighted by atomic mass is 9.93. The summed E-state index contributed by atoms with van der Waals surface area (Å²) >= 11 is 0. The highest BCUT2D eigenvalue weighted by Gasteiger charge is 2.30. The second-order valence-corrected chi connectivity index (χ2v) is 7.44. The molecule has 2 aromatic rings. The maximum atomic E-state index is 12.8. The molecule has 26 heavy (non-hydrogen) atoms. The number of likely N-dealkylation sites (tertiary alicyclic amines) is 1. The van der Waals surface area contributed by atoms with Crippen molar-refractivity contribution in [1.82, 2.24) is 20.1 Å². The summed E-state index contributed by atoms with van der Waals surface area (Å²) in [6.45, 7) is 4.37. The highest BCUT2D eigenvalue weighted by atomic mass is 16.6. The first-order valence-corrected chi connectivity index (χ1v) is 9.48. The van der Waals surface area contributed by atoms with Crippen LogP contribution >= 0.6 is 0 Å². The Morgan fingerprint density at radius 2 is 1.88 bits per heavy atom. The average molecular weight is 358 g/mol. The first-order chi connectivity index (χ1) is 12.7. The largest absolute Gasteiger partial charge is 0.381 e. The summed E-state index contributed by atoms with van der Waals surface area (Å²) in [5.74, 6) is 0.378. The van der Waals surface area contributed by atoms with Crippen LogP contribution in [0.15, 0.2) is 22.8 Å². The summed E-state index contributed by atoms with van der Waals surface area (Å²) in [6, 6.07) is 6.43. The van der Waals surface area contributed by atoms with E-state index in [4.69, 9.17) is 9.37 Å². The van der Waals surface area contributed by atoms with Crippen LogP contribution in [0.5, 0.6) is 0 Å². The molecule has 140 valence electrons. The minimum Gasteiger partial charge on any atom is -0.381 e. The van der Waals surface area contributed by atoms with Gasteiger partial charge in [0.15, 0.2) is 0 Å². The summed E-state index contributed by atoms with van der Waals surface area (Å²) in [4.78, 5) is 17.2. The van der Waals surface area contributed by atoms with Crippen molar-refractivity contribution >= 4 is 16.9 Å². The van der Waals surface area contributed by atoms with Gasteiger partial charge in [0.05, 0.1) is 0 Å². The number of piperidine rings is 1. The summed E-state index contributed by atoms with van der Waals surface area (Å²) in [5.41, 5.74) is 2.51. The molecular weight excluding hydrogens is 332 g/mol. The van der Waals surface area contributed by atoms with Crippen molar-refractivity contribution in [3.8, 4) is 0 Å². The van der Waals surface area contributed by atoms with Crippen LogP contribution in [0.4, 0.5) is 0 Å². The Morgan fingerprint density at radius 1 is 1.15 bits per heavy atom. The van der Waals surface area contributed by atoms with Crippen LogP contribution in [0.3, 0.4) is 0 Å². The highest BCUT2D eigenvalue weighted by molar-refractivity contribution is 5.79. The minimum atomic E-state index is 0.133. The molecule has 0 radical (unpaired) electrons. The SMILES string of the molecule is CN(Cc1ccc2nonc2c1)C(=O)C1CCN(C2CCOCC2)CC1. The molecule has 0 bridgehead atoms. The van der Waals surface area contributed by atoms with Crippen LogP contribution < -0.4 is 0 Å². The van der Waals surface area contributed by atoms with Crippen molar-refractivity contribution in [3.63, 3.8) is 0 Å². The van der Waals surface area contributed by atoms with E-state index in [1.54, 1.807) is 0 Å². The lowest BCUT2D eigenvalue weighted by molar-refractivity contribution is -0.136. The Morgan fingerprint density at radius 3 is 2.65 bits per heavy atom. The third-order valence-electron chi connectivity index (χ3n) is 5.70. The minimum absolute atomic E-state index is 0.133. The molecule has 7 heteroatoms. The molecule has 1 amide bonds. The monoisotopic (exact) mass is 358 g/mol. The van der Waals surface area contributed by atoms with E-state index in [0.717, 1.165) is 68.6 Å². The standard InChI is InChI=1S/C19H26N4O3/c1-22(13-14-2-3-17-18(12-14)21-26-20-17)19(24)15-4-8-23(9-5-15)16-6-10-25-11-7-16/h2-3,12,15-16H,4-11,13H2,1H3. The number of benzene rings is 1. The smallest absolute Gasteiger partial charge is 0.225 e.